The van der Waals surface area contributed by atoms with Gasteiger partial charge in [0.25, 0.3) is 0 Å². The normalized spacial score (nSPS) is 15.7. The summed E-state index contributed by atoms with van der Waals surface area (Å²) in [5, 5.41) is 0. The van der Waals surface area contributed by atoms with Crippen LogP contribution in [-0.4, -0.2) is 18.6 Å². The molecular formula is C10H15N3. The maximum Gasteiger partial charge on any atom is 0.131 e. The van der Waals surface area contributed by atoms with Crippen LogP contribution in [0.15, 0.2) is 12.1 Å². The first kappa shape index (κ1) is 8.51. The van der Waals surface area contributed by atoms with Gasteiger partial charge in [-0.2, -0.15) is 0 Å². The average Bonchev–Trinajstić information content (AvgIpc) is 2.18. The maximum atomic E-state index is 5.55. The quantitative estimate of drug-likeness (QED) is 0.693. The van der Waals surface area contributed by atoms with Crippen molar-refractivity contribution in [3.05, 3.63) is 23.4 Å². The Labute approximate surface area is 78.6 Å². The van der Waals surface area contributed by atoms with E-state index in [0.29, 0.717) is 6.54 Å². The van der Waals surface area contributed by atoms with E-state index in [4.69, 9.17) is 5.73 Å². The van der Waals surface area contributed by atoms with Gasteiger partial charge >= 0.3 is 0 Å². The fraction of sp³-hybridized carbons (Fsp3) is 0.500. The Morgan fingerprint density at radius 1 is 1.54 bits per heavy atom. The number of pyridine rings is 1. The molecular weight excluding hydrogens is 162 g/mol. The third-order valence-corrected chi connectivity index (χ3v) is 2.52. The van der Waals surface area contributed by atoms with E-state index in [1.54, 1.807) is 0 Å². The highest BCUT2D eigenvalue weighted by molar-refractivity contribution is 5.49. The van der Waals surface area contributed by atoms with E-state index in [1.807, 2.05) is 6.07 Å². The van der Waals surface area contributed by atoms with Gasteiger partial charge in [-0.05, 0) is 24.5 Å². The summed E-state index contributed by atoms with van der Waals surface area (Å²) in [6.07, 6.45) is 2.38. The van der Waals surface area contributed by atoms with Crippen molar-refractivity contribution in [1.82, 2.24) is 4.98 Å². The van der Waals surface area contributed by atoms with Crippen LogP contribution in [0.4, 0.5) is 5.82 Å². The number of anilines is 1. The van der Waals surface area contributed by atoms with Crippen LogP contribution in [-0.2, 0) is 13.0 Å². The van der Waals surface area contributed by atoms with Gasteiger partial charge in [-0.1, -0.05) is 6.07 Å². The van der Waals surface area contributed by atoms with Crippen LogP contribution >= 0.6 is 0 Å². The van der Waals surface area contributed by atoms with Crippen molar-refractivity contribution in [3.63, 3.8) is 0 Å². The fourth-order valence-electron chi connectivity index (χ4n) is 1.77. The summed E-state index contributed by atoms with van der Waals surface area (Å²) in [5.74, 6) is 1.12. The first-order valence-electron chi connectivity index (χ1n) is 4.71. The third kappa shape index (κ3) is 1.52. The second kappa shape index (κ2) is 3.34. The van der Waals surface area contributed by atoms with Crippen LogP contribution in [0.2, 0.25) is 0 Å². The largest absolute Gasteiger partial charge is 0.359 e. The number of rotatable bonds is 1. The molecule has 0 saturated carbocycles. The fourth-order valence-corrected chi connectivity index (χ4v) is 1.77. The van der Waals surface area contributed by atoms with Gasteiger partial charge in [-0.15, -0.1) is 0 Å². The van der Waals surface area contributed by atoms with Gasteiger partial charge in [-0.25, -0.2) is 4.98 Å². The highest BCUT2D eigenvalue weighted by atomic mass is 15.2. The lowest BCUT2D eigenvalue weighted by Gasteiger charge is -2.26. The molecule has 0 atom stereocenters. The van der Waals surface area contributed by atoms with Crippen LogP contribution in [0.25, 0.3) is 0 Å². The lowest BCUT2D eigenvalue weighted by atomic mass is 10.1. The lowest BCUT2D eigenvalue weighted by Crippen LogP contribution is -2.26. The van der Waals surface area contributed by atoms with Crippen molar-refractivity contribution < 1.29 is 0 Å². The summed E-state index contributed by atoms with van der Waals surface area (Å²) in [6.45, 7) is 1.63. The van der Waals surface area contributed by atoms with Gasteiger partial charge < -0.3 is 10.6 Å². The molecule has 2 heterocycles. The molecule has 0 aliphatic carbocycles. The number of aryl methyl sites for hydroxylation is 1. The van der Waals surface area contributed by atoms with Crippen LogP contribution in [0.1, 0.15) is 17.7 Å². The molecule has 0 amide bonds. The van der Waals surface area contributed by atoms with E-state index in [9.17, 15) is 0 Å². The summed E-state index contributed by atoms with van der Waals surface area (Å²) in [4.78, 5) is 6.72. The number of nitrogens with two attached hydrogens (primary N) is 1. The Balaban J connectivity index is 2.41. The Morgan fingerprint density at radius 2 is 2.38 bits per heavy atom. The highest BCUT2D eigenvalue weighted by Gasteiger charge is 2.14. The summed E-state index contributed by atoms with van der Waals surface area (Å²) in [5.41, 5.74) is 7.88. The molecule has 13 heavy (non-hydrogen) atoms. The first-order valence-corrected chi connectivity index (χ1v) is 4.71. The van der Waals surface area contributed by atoms with Gasteiger partial charge in [-0.3, -0.25) is 0 Å². The van der Waals surface area contributed by atoms with Gasteiger partial charge in [0.2, 0.25) is 0 Å². The Bertz CT molecular complexity index is 309. The van der Waals surface area contributed by atoms with Crippen LogP contribution in [0, 0.1) is 0 Å². The van der Waals surface area contributed by atoms with E-state index < -0.39 is 0 Å². The monoisotopic (exact) mass is 177 g/mol. The standard InChI is InChI=1S/C10H15N3/c1-13-6-2-3-8-4-5-9(7-11)12-10(8)13/h4-5H,2-3,6-7,11H2,1H3. The molecule has 3 nitrogen and oxygen atoms in total. The minimum absolute atomic E-state index is 0.529. The molecule has 0 saturated heterocycles. The average molecular weight is 177 g/mol. The number of hydrogen-bond donors (Lipinski definition) is 1. The minimum atomic E-state index is 0.529. The molecule has 2 rings (SSSR count). The number of hydrogen-bond acceptors (Lipinski definition) is 3. The zero-order valence-electron chi connectivity index (χ0n) is 7.95. The van der Waals surface area contributed by atoms with Crippen molar-refractivity contribution in [2.24, 2.45) is 5.73 Å². The molecule has 0 radical (unpaired) electrons. The second-order valence-electron chi connectivity index (χ2n) is 3.51. The summed E-state index contributed by atoms with van der Waals surface area (Å²) < 4.78 is 0. The molecule has 1 aliphatic rings. The summed E-state index contributed by atoms with van der Waals surface area (Å²) in [7, 11) is 2.09. The van der Waals surface area contributed by atoms with Gasteiger partial charge in [0.1, 0.15) is 5.82 Å². The summed E-state index contributed by atoms with van der Waals surface area (Å²) >= 11 is 0. The van der Waals surface area contributed by atoms with Gasteiger partial charge in [0, 0.05) is 20.1 Å². The van der Waals surface area contributed by atoms with E-state index in [0.717, 1.165) is 24.5 Å². The van der Waals surface area contributed by atoms with Gasteiger partial charge in [0.15, 0.2) is 0 Å². The van der Waals surface area contributed by atoms with Crippen LogP contribution < -0.4 is 10.6 Å². The zero-order chi connectivity index (χ0) is 9.26. The second-order valence-corrected chi connectivity index (χ2v) is 3.51. The highest BCUT2D eigenvalue weighted by Crippen LogP contribution is 2.23. The smallest absolute Gasteiger partial charge is 0.131 e. The molecule has 0 unspecified atom stereocenters. The van der Waals surface area contributed by atoms with E-state index in [-0.39, 0.29) is 0 Å². The molecule has 0 spiro atoms. The first-order chi connectivity index (χ1) is 6.31. The van der Waals surface area contributed by atoms with Crippen molar-refractivity contribution in [2.75, 3.05) is 18.5 Å². The number of aromatic nitrogens is 1. The van der Waals surface area contributed by atoms with E-state index >= 15 is 0 Å². The number of fused-ring (bicyclic) bond motifs is 1. The molecule has 1 aromatic heterocycles. The predicted molar refractivity (Wildman–Crippen MR) is 53.7 cm³/mol. The topological polar surface area (TPSA) is 42.1 Å². The maximum absolute atomic E-state index is 5.55. The Hall–Kier alpha value is -1.09. The van der Waals surface area contributed by atoms with Gasteiger partial charge in [0.05, 0.1) is 5.69 Å². The molecule has 0 bridgehead atoms. The number of nitrogens with zero attached hydrogens (tertiary/aromatic N) is 2. The molecule has 2 N–H and O–H groups in total. The summed E-state index contributed by atoms with van der Waals surface area (Å²) in [6, 6.07) is 4.18. The molecule has 1 aliphatic heterocycles. The van der Waals surface area contributed by atoms with Crippen molar-refractivity contribution in [3.8, 4) is 0 Å². The molecule has 1 aromatic rings. The molecule has 70 valence electrons. The SMILES string of the molecule is CN1CCCc2ccc(CN)nc21. The zero-order valence-corrected chi connectivity index (χ0v) is 7.95. The van der Waals surface area contributed by atoms with E-state index in [1.165, 1.54) is 12.0 Å². The minimum Gasteiger partial charge on any atom is -0.359 e. The molecule has 0 fully saturated rings. The molecule has 3 heteroatoms. The third-order valence-electron chi connectivity index (χ3n) is 2.52. The molecule has 0 aromatic carbocycles. The Morgan fingerprint density at radius 3 is 3.15 bits per heavy atom. The van der Waals surface area contributed by atoms with Crippen molar-refractivity contribution >= 4 is 5.82 Å². The predicted octanol–water partition coefficient (Wildman–Crippen LogP) is 0.923. The van der Waals surface area contributed by atoms with Crippen LogP contribution in [0.5, 0.6) is 0 Å². The van der Waals surface area contributed by atoms with E-state index in [2.05, 4.69) is 23.0 Å². The van der Waals surface area contributed by atoms with Crippen molar-refractivity contribution in [2.45, 2.75) is 19.4 Å². The van der Waals surface area contributed by atoms with Crippen LogP contribution in [0.3, 0.4) is 0 Å². The lowest BCUT2D eigenvalue weighted by molar-refractivity contribution is 0.725. The Kier molecular flexibility index (Phi) is 2.19. The van der Waals surface area contributed by atoms with Crippen molar-refractivity contribution in [1.29, 1.82) is 0 Å².